The Labute approximate surface area is 149 Å². The van der Waals surface area contributed by atoms with Crippen LogP contribution in [0.4, 0.5) is 0 Å². The molecule has 4 N–H and O–H groups in total. The predicted molar refractivity (Wildman–Crippen MR) is 93.8 cm³/mol. The number of hydrogen-bond donors (Lipinski definition) is 4. The van der Waals surface area contributed by atoms with Crippen LogP contribution < -0.4 is 15.5 Å². The van der Waals surface area contributed by atoms with Crippen molar-refractivity contribution < 1.29 is 24.6 Å². The Kier molecular flexibility index (Phi) is 6.51. The van der Waals surface area contributed by atoms with Gasteiger partial charge in [-0.2, -0.15) is 0 Å². The van der Waals surface area contributed by atoms with E-state index in [-0.39, 0.29) is 0 Å². The molecule has 2 rings (SSSR count). The van der Waals surface area contributed by atoms with Crippen LogP contribution in [0.1, 0.15) is 23.5 Å². The fraction of sp³-hybridized carbons (Fsp3) is 0.294. The van der Waals surface area contributed by atoms with Gasteiger partial charge in [0, 0.05) is 4.88 Å². The Morgan fingerprint density at radius 1 is 1.20 bits per heavy atom. The second-order valence-electron chi connectivity index (χ2n) is 5.29. The van der Waals surface area contributed by atoms with Gasteiger partial charge in [0.15, 0.2) is 0 Å². The van der Waals surface area contributed by atoms with E-state index >= 15 is 0 Å². The zero-order chi connectivity index (χ0) is 18.4. The van der Waals surface area contributed by atoms with Gasteiger partial charge in [-0.15, -0.1) is 11.3 Å². The first-order valence-electron chi connectivity index (χ1n) is 7.72. The maximum atomic E-state index is 12.3. The van der Waals surface area contributed by atoms with E-state index in [1.165, 1.54) is 23.7 Å². The molecule has 2 atom stereocenters. The van der Waals surface area contributed by atoms with Crippen LogP contribution >= 0.6 is 11.3 Å². The minimum Gasteiger partial charge on any atom is -0.494 e. The molecule has 0 aliphatic carbocycles. The SMILES string of the molecule is CCOc1ccc(-c2ccc(C(=O)NC(C(=O)NO)C(C)O)s2)cc1. The van der Waals surface area contributed by atoms with Crippen molar-refractivity contribution in [1.82, 2.24) is 10.8 Å². The Morgan fingerprint density at radius 2 is 1.88 bits per heavy atom. The third-order valence-corrected chi connectivity index (χ3v) is 4.57. The monoisotopic (exact) mass is 364 g/mol. The van der Waals surface area contributed by atoms with Gasteiger partial charge in [-0.25, -0.2) is 5.48 Å². The molecule has 0 fully saturated rings. The largest absolute Gasteiger partial charge is 0.494 e. The molecule has 25 heavy (non-hydrogen) atoms. The van der Waals surface area contributed by atoms with Crippen LogP contribution in [0.2, 0.25) is 0 Å². The number of benzene rings is 1. The van der Waals surface area contributed by atoms with E-state index in [1.807, 2.05) is 31.2 Å². The third-order valence-electron chi connectivity index (χ3n) is 3.44. The van der Waals surface area contributed by atoms with E-state index in [2.05, 4.69) is 5.32 Å². The minimum atomic E-state index is -1.24. The minimum absolute atomic E-state index is 0.389. The number of nitrogens with one attached hydrogen (secondary N) is 2. The number of hydroxylamine groups is 1. The highest BCUT2D eigenvalue weighted by molar-refractivity contribution is 7.17. The molecule has 1 heterocycles. The van der Waals surface area contributed by atoms with Crippen molar-refractivity contribution in [1.29, 1.82) is 0 Å². The van der Waals surface area contributed by atoms with Gasteiger partial charge in [0.1, 0.15) is 11.8 Å². The van der Waals surface area contributed by atoms with Gasteiger partial charge in [-0.3, -0.25) is 14.8 Å². The fourth-order valence-corrected chi connectivity index (χ4v) is 3.10. The number of aliphatic hydroxyl groups is 1. The van der Waals surface area contributed by atoms with E-state index in [0.717, 1.165) is 16.2 Å². The number of carbonyl (C=O) groups is 2. The Balaban J connectivity index is 2.11. The fourth-order valence-electron chi connectivity index (χ4n) is 2.18. The number of aliphatic hydroxyl groups excluding tert-OH is 1. The molecule has 0 saturated carbocycles. The molecule has 7 nitrogen and oxygen atoms in total. The summed E-state index contributed by atoms with van der Waals surface area (Å²) >= 11 is 1.26. The molecule has 0 aliphatic rings. The third kappa shape index (κ3) is 4.79. The van der Waals surface area contributed by atoms with Crippen molar-refractivity contribution in [2.24, 2.45) is 0 Å². The zero-order valence-electron chi connectivity index (χ0n) is 13.9. The Hall–Kier alpha value is -2.42. The molecule has 0 radical (unpaired) electrons. The van der Waals surface area contributed by atoms with Crippen molar-refractivity contribution in [2.45, 2.75) is 26.0 Å². The van der Waals surface area contributed by atoms with Crippen molar-refractivity contribution in [3.63, 3.8) is 0 Å². The molecule has 1 aromatic heterocycles. The normalized spacial score (nSPS) is 13.0. The second-order valence-corrected chi connectivity index (χ2v) is 6.37. The molecule has 0 bridgehead atoms. The molecular formula is C17H20N2O5S. The topological polar surface area (TPSA) is 108 Å². The molecule has 2 aromatic rings. The number of rotatable bonds is 7. The van der Waals surface area contributed by atoms with Gasteiger partial charge >= 0.3 is 0 Å². The lowest BCUT2D eigenvalue weighted by Gasteiger charge is -2.18. The van der Waals surface area contributed by atoms with Crippen molar-refractivity contribution in [2.75, 3.05) is 6.61 Å². The van der Waals surface area contributed by atoms with Crippen molar-refractivity contribution in [3.8, 4) is 16.2 Å². The van der Waals surface area contributed by atoms with Gasteiger partial charge < -0.3 is 15.2 Å². The zero-order valence-corrected chi connectivity index (χ0v) is 14.7. The van der Waals surface area contributed by atoms with Crippen LogP contribution in [-0.4, -0.2) is 40.9 Å². The summed E-state index contributed by atoms with van der Waals surface area (Å²) in [4.78, 5) is 25.0. The summed E-state index contributed by atoms with van der Waals surface area (Å²) < 4.78 is 5.40. The van der Waals surface area contributed by atoms with E-state index in [0.29, 0.717) is 11.5 Å². The quantitative estimate of drug-likeness (QED) is 0.443. The smallest absolute Gasteiger partial charge is 0.268 e. The van der Waals surface area contributed by atoms with E-state index in [4.69, 9.17) is 9.94 Å². The Bertz CT molecular complexity index is 727. The van der Waals surface area contributed by atoms with Gasteiger partial charge in [0.05, 0.1) is 17.6 Å². The maximum Gasteiger partial charge on any atom is 0.268 e. The van der Waals surface area contributed by atoms with Crippen LogP contribution in [-0.2, 0) is 4.79 Å². The first-order valence-corrected chi connectivity index (χ1v) is 8.53. The van der Waals surface area contributed by atoms with Crippen molar-refractivity contribution >= 4 is 23.2 Å². The molecule has 8 heteroatoms. The maximum absolute atomic E-state index is 12.3. The average molecular weight is 364 g/mol. The summed E-state index contributed by atoms with van der Waals surface area (Å²) in [5, 5.41) is 20.7. The molecule has 0 saturated heterocycles. The highest BCUT2D eigenvalue weighted by atomic mass is 32.1. The summed E-state index contributed by atoms with van der Waals surface area (Å²) in [6.45, 7) is 3.85. The molecule has 1 aromatic carbocycles. The number of hydrogen-bond acceptors (Lipinski definition) is 6. The Morgan fingerprint density at radius 3 is 2.44 bits per heavy atom. The molecule has 2 unspecified atom stereocenters. The van der Waals surface area contributed by atoms with Gasteiger partial charge in [0.25, 0.3) is 11.8 Å². The van der Waals surface area contributed by atoms with Gasteiger partial charge in [0.2, 0.25) is 0 Å². The summed E-state index contributed by atoms with van der Waals surface area (Å²) in [6.07, 6.45) is -1.15. The standard InChI is InChI=1S/C17H20N2O5S/c1-3-24-12-6-4-11(5-7-12)13-8-9-14(25-13)16(21)18-15(10(2)20)17(22)19-23/h4-10,15,20,23H,3H2,1-2H3,(H,18,21)(H,19,22). The summed E-state index contributed by atoms with van der Waals surface area (Å²) in [5.74, 6) is -0.612. The highest BCUT2D eigenvalue weighted by Crippen LogP contribution is 2.29. The van der Waals surface area contributed by atoms with Crippen LogP contribution in [0.5, 0.6) is 5.75 Å². The van der Waals surface area contributed by atoms with Gasteiger partial charge in [-0.1, -0.05) is 0 Å². The number of thiophene rings is 1. The summed E-state index contributed by atoms with van der Waals surface area (Å²) in [5.41, 5.74) is 2.37. The van der Waals surface area contributed by atoms with Crippen LogP contribution in [0, 0.1) is 0 Å². The predicted octanol–water partition coefficient (Wildman–Crippen LogP) is 1.80. The molecule has 2 amide bonds. The lowest BCUT2D eigenvalue weighted by atomic mass is 10.1. The first-order chi connectivity index (χ1) is 12.0. The van der Waals surface area contributed by atoms with Crippen LogP contribution in [0.25, 0.3) is 10.4 Å². The molecular weight excluding hydrogens is 344 g/mol. The molecule has 0 spiro atoms. The summed E-state index contributed by atoms with van der Waals surface area (Å²) in [7, 11) is 0. The average Bonchev–Trinajstić information content (AvgIpc) is 3.09. The van der Waals surface area contributed by atoms with E-state index in [9.17, 15) is 14.7 Å². The number of amides is 2. The van der Waals surface area contributed by atoms with Crippen LogP contribution in [0.15, 0.2) is 36.4 Å². The van der Waals surface area contributed by atoms with E-state index < -0.39 is 24.0 Å². The molecule has 0 aliphatic heterocycles. The van der Waals surface area contributed by atoms with E-state index in [1.54, 1.807) is 12.1 Å². The lowest BCUT2D eigenvalue weighted by molar-refractivity contribution is -0.133. The van der Waals surface area contributed by atoms with Crippen LogP contribution in [0.3, 0.4) is 0 Å². The summed E-state index contributed by atoms with van der Waals surface area (Å²) in [6, 6.07) is 9.71. The molecule has 134 valence electrons. The second kappa shape index (κ2) is 8.61. The number of carbonyl (C=O) groups excluding carboxylic acids is 2. The number of ether oxygens (including phenoxy) is 1. The lowest BCUT2D eigenvalue weighted by Crippen LogP contribution is -2.51. The highest BCUT2D eigenvalue weighted by Gasteiger charge is 2.26. The first kappa shape index (κ1) is 18.9. The van der Waals surface area contributed by atoms with Gasteiger partial charge in [-0.05, 0) is 55.8 Å². The van der Waals surface area contributed by atoms with Crippen molar-refractivity contribution in [3.05, 3.63) is 41.3 Å².